The van der Waals surface area contributed by atoms with Gasteiger partial charge in [0.05, 0.1) is 12.2 Å². The Labute approximate surface area is 148 Å². The number of H-pyrrole nitrogens is 1. The molecule has 0 saturated carbocycles. The van der Waals surface area contributed by atoms with Crippen LogP contribution in [0.4, 0.5) is 0 Å². The van der Waals surface area contributed by atoms with Crippen molar-refractivity contribution in [1.82, 2.24) is 9.55 Å². The Balaban J connectivity index is 1.95. The standard InChI is InChI=1S/C17H18N2O5S/c20-9-12-13(21)14(22)16(24-12)19-8-11(15(23)18-17(19)25)7-6-10-4-2-1-3-5-10/h1-8,12-14,16,20-22H,9H2,(H,18,23,25)/b7-6+/t12-,13-,14+,16-/m1/s1. The van der Waals surface area contributed by atoms with Crippen molar-refractivity contribution in [2.75, 3.05) is 6.61 Å². The number of hydrogen-bond donors (Lipinski definition) is 4. The minimum absolute atomic E-state index is 0.0525. The van der Waals surface area contributed by atoms with Crippen LogP contribution in [0.15, 0.2) is 41.3 Å². The summed E-state index contributed by atoms with van der Waals surface area (Å²) in [6.07, 6.45) is 0.419. The van der Waals surface area contributed by atoms with Gasteiger partial charge in [0.25, 0.3) is 5.56 Å². The minimum Gasteiger partial charge on any atom is -0.394 e. The molecular weight excluding hydrogens is 344 g/mol. The average Bonchev–Trinajstić information content (AvgIpc) is 2.90. The Morgan fingerprint density at radius 1 is 1.20 bits per heavy atom. The minimum atomic E-state index is -1.28. The molecular formula is C17H18N2O5S. The van der Waals surface area contributed by atoms with Crippen LogP contribution in [0.25, 0.3) is 12.2 Å². The molecule has 1 aliphatic rings. The van der Waals surface area contributed by atoms with Crippen LogP contribution in [0.2, 0.25) is 0 Å². The largest absolute Gasteiger partial charge is 0.394 e. The number of hydrogen-bond acceptors (Lipinski definition) is 6. The molecule has 1 aromatic heterocycles. The molecule has 132 valence electrons. The van der Waals surface area contributed by atoms with Gasteiger partial charge in [-0.1, -0.05) is 36.4 Å². The molecule has 4 N–H and O–H groups in total. The van der Waals surface area contributed by atoms with E-state index in [-0.39, 0.29) is 10.3 Å². The number of benzene rings is 1. The summed E-state index contributed by atoms with van der Waals surface area (Å²) >= 11 is 5.13. The number of nitrogens with one attached hydrogen (secondary N) is 1. The first kappa shape index (κ1) is 17.7. The van der Waals surface area contributed by atoms with Crippen LogP contribution in [-0.4, -0.2) is 49.8 Å². The fourth-order valence-corrected chi connectivity index (χ4v) is 2.92. The zero-order chi connectivity index (χ0) is 18.0. The van der Waals surface area contributed by atoms with Crippen LogP contribution >= 0.6 is 12.2 Å². The number of ether oxygens (including phenoxy) is 1. The second-order valence-electron chi connectivity index (χ2n) is 5.72. The van der Waals surface area contributed by atoms with E-state index in [2.05, 4.69) is 4.98 Å². The van der Waals surface area contributed by atoms with E-state index in [0.717, 1.165) is 5.56 Å². The summed E-state index contributed by atoms with van der Waals surface area (Å²) in [6.45, 7) is -0.438. The highest BCUT2D eigenvalue weighted by molar-refractivity contribution is 7.71. The van der Waals surface area contributed by atoms with Gasteiger partial charge >= 0.3 is 0 Å². The smallest absolute Gasteiger partial charge is 0.258 e. The zero-order valence-electron chi connectivity index (χ0n) is 13.1. The van der Waals surface area contributed by atoms with Gasteiger partial charge < -0.3 is 20.1 Å². The van der Waals surface area contributed by atoms with Gasteiger partial charge in [0.1, 0.15) is 18.3 Å². The van der Waals surface area contributed by atoms with Gasteiger partial charge in [-0.3, -0.25) is 14.3 Å². The topological polar surface area (TPSA) is 108 Å². The second kappa shape index (κ2) is 7.42. The maximum Gasteiger partial charge on any atom is 0.258 e. The molecule has 4 atom stereocenters. The summed E-state index contributed by atoms with van der Waals surface area (Å²) < 4.78 is 6.88. The van der Waals surface area contributed by atoms with Crippen LogP contribution < -0.4 is 5.56 Å². The fraction of sp³-hybridized carbons (Fsp3) is 0.294. The maximum absolute atomic E-state index is 12.1. The van der Waals surface area contributed by atoms with E-state index in [1.807, 2.05) is 30.3 Å². The lowest BCUT2D eigenvalue weighted by molar-refractivity contribution is -0.0541. The lowest BCUT2D eigenvalue weighted by Crippen LogP contribution is -2.33. The average molecular weight is 362 g/mol. The number of aliphatic hydroxyl groups is 3. The van der Waals surface area contributed by atoms with Gasteiger partial charge in [0, 0.05) is 6.20 Å². The van der Waals surface area contributed by atoms with E-state index < -0.39 is 31.1 Å². The van der Waals surface area contributed by atoms with Crippen molar-refractivity contribution in [2.45, 2.75) is 24.5 Å². The number of aromatic amines is 1. The van der Waals surface area contributed by atoms with Crippen molar-refractivity contribution >= 4 is 24.4 Å². The highest BCUT2D eigenvalue weighted by Crippen LogP contribution is 2.29. The molecule has 2 heterocycles. The molecule has 3 rings (SSSR count). The monoisotopic (exact) mass is 362 g/mol. The normalized spacial score (nSPS) is 26.4. The van der Waals surface area contributed by atoms with Gasteiger partial charge in [-0.25, -0.2) is 0 Å². The predicted octanol–water partition coefficient (Wildman–Crippen LogP) is 0.688. The van der Waals surface area contributed by atoms with Crippen molar-refractivity contribution in [2.24, 2.45) is 0 Å². The SMILES string of the molecule is O=c1[nH]c(=S)n([C@@H]2O[C@H](CO)[C@@H](O)[C@@H]2O)cc1/C=C/c1ccccc1. The van der Waals surface area contributed by atoms with E-state index in [1.165, 1.54) is 10.8 Å². The molecule has 0 unspecified atom stereocenters. The van der Waals surface area contributed by atoms with Crippen molar-refractivity contribution < 1.29 is 20.1 Å². The second-order valence-corrected chi connectivity index (χ2v) is 6.11. The first-order valence-corrected chi connectivity index (χ1v) is 8.13. The van der Waals surface area contributed by atoms with Crippen LogP contribution in [0, 0.1) is 4.77 Å². The Bertz CT molecular complexity index is 877. The quantitative estimate of drug-likeness (QED) is 0.596. The predicted molar refractivity (Wildman–Crippen MR) is 94.3 cm³/mol. The molecule has 0 amide bonds. The van der Waals surface area contributed by atoms with Crippen LogP contribution in [0.3, 0.4) is 0 Å². The number of aliphatic hydroxyl groups excluding tert-OH is 3. The summed E-state index contributed by atoms with van der Waals surface area (Å²) in [5, 5.41) is 29.2. The lowest BCUT2D eigenvalue weighted by atomic mass is 10.1. The van der Waals surface area contributed by atoms with Crippen molar-refractivity contribution in [3.8, 4) is 0 Å². The third kappa shape index (κ3) is 3.63. The molecule has 7 nitrogen and oxygen atoms in total. The lowest BCUT2D eigenvalue weighted by Gasteiger charge is -2.18. The first-order valence-electron chi connectivity index (χ1n) is 7.72. The molecule has 0 radical (unpaired) electrons. The van der Waals surface area contributed by atoms with Crippen LogP contribution in [-0.2, 0) is 4.74 Å². The highest BCUT2D eigenvalue weighted by atomic mass is 32.1. The van der Waals surface area contributed by atoms with Gasteiger partial charge in [-0.15, -0.1) is 0 Å². The van der Waals surface area contributed by atoms with Gasteiger partial charge in [-0.05, 0) is 23.9 Å². The summed E-state index contributed by atoms with van der Waals surface area (Å²) in [4.78, 5) is 14.6. The third-order valence-corrected chi connectivity index (χ3v) is 4.35. The van der Waals surface area contributed by atoms with Gasteiger partial charge in [0.15, 0.2) is 11.0 Å². The molecule has 1 fully saturated rings. The molecule has 0 aliphatic carbocycles. The molecule has 8 heteroatoms. The van der Waals surface area contributed by atoms with Gasteiger partial charge in [-0.2, -0.15) is 0 Å². The van der Waals surface area contributed by atoms with Crippen molar-refractivity contribution in [3.05, 3.63) is 62.8 Å². The van der Waals surface area contributed by atoms with E-state index in [1.54, 1.807) is 12.2 Å². The van der Waals surface area contributed by atoms with Gasteiger partial charge in [0.2, 0.25) is 0 Å². The van der Waals surface area contributed by atoms with Crippen LogP contribution in [0.5, 0.6) is 0 Å². The molecule has 1 aromatic carbocycles. The summed E-state index contributed by atoms with van der Waals surface area (Å²) in [5.41, 5.74) is 0.860. The molecule has 2 aromatic rings. The fourth-order valence-electron chi connectivity index (χ4n) is 2.67. The molecule has 1 aliphatic heterocycles. The molecule has 0 bridgehead atoms. The van der Waals surface area contributed by atoms with E-state index in [4.69, 9.17) is 17.0 Å². The van der Waals surface area contributed by atoms with E-state index in [9.17, 15) is 20.1 Å². The third-order valence-electron chi connectivity index (χ3n) is 4.04. The summed E-state index contributed by atoms with van der Waals surface area (Å²) in [5.74, 6) is 0. The number of rotatable bonds is 4. The highest BCUT2D eigenvalue weighted by Gasteiger charge is 2.43. The molecule has 25 heavy (non-hydrogen) atoms. The van der Waals surface area contributed by atoms with Crippen LogP contribution in [0.1, 0.15) is 17.4 Å². The number of aromatic nitrogens is 2. The first-order chi connectivity index (χ1) is 12.0. The van der Waals surface area contributed by atoms with E-state index in [0.29, 0.717) is 5.56 Å². The van der Waals surface area contributed by atoms with Crippen molar-refractivity contribution in [1.29, 1.82) is 0 Å². The maximum atomic E-state index is 12.1. The molecule has 0 spiro atoms. The Morgan fingerprint density at radius 3 is 2.56 bits per heavy atom. The van der Waals surface area contributed by atoms with Crippen molar-refractivity contribution in [3.63, 3.8) is 0 Å². The van der Waals surface area contributed by atoms with E-state index >= 15 is 0 Å². The number of nitrogens with zero attached hydrogens (tertiary/aromatic N) is 1. The summed E-state index contributed by atoms with van der Waals surface area (Å²) in [7, 11) is 0. The molecule has 1 saturated heterocycles. The zero-order valence-corrected chi connectivity index (χ0v) is 14.0. The summed E-state index contributed by atoms with van der Waals surface area (Å²) in [6, 6.07) is 9.45. The Kier molecular flexibility index (Phi) is 5.26. The Hall–Kier alpha value is -2.10. The Morgan fingerprint density at radius 2 is 1.92 bits per heavy atom.